The number of carbonyl (C=O) groups excluding carboxylic acids is 1. The van der Waals surface area contributed by atoms with Crippen molar-refractivity contribution in [2.75, 3.05) is 6.54 Å². The molecule has 1 atom stereocenters. The number of benzene rings is 1. The minimum absolute atomic E-state index is 0.119. The topological polar surface area (TPSA) is 80.4 Å². The van der Waals surface area contributed by atoms with Gasteiger partial charge in [0.25, 0.3) is 0 Å². The number of carboxylic acids is 1. The molecule has 0 aromatic heterocycles. The van der Waals surface area contributed by atoms with Crippen molar-refractivity contribution < 1.29 is 19.1 Å². The van der Waals surface area contributed by atoms with E-state index in [0.717, 1.165) is 6.07 Å². The van der Waals surface area contributed by atoms with Gasteiger partial charge in [0.15, 0.2) is 0 Å². The van der Waals surface area contributed by atoms with E-state index < -0.39 is 17.7 Å². The van der Waals surface area contributed by atoms with Crippen LogP contribution in [-0.4, -0.2) is 23.9 Å². The van der Waals surface area contributed by atoms with Gasteiger partial charge in [0.2, 0.25) is 0 Å². The highest BCUT2D eigenvalue weighted by Gasteiger charge is 2.22. The van der Waals surface area contributed by atoms with Crippen LogP contribution in [0, 0.1) is 12.7 Å². The molecular weight excluding hydrogens is 213 g/mol. The largest absolute Gasteiger partial charge is 0.481 e. The Morgan fingerprint density at radius 1 is 1.62 bits per heavy atom. The molecule has 0 bridgehead atoms. The van der Waals surface area contributed by atoms with Crippen LogP contribution >= 0.6 is 0 Å². The number of halogens is 1. The quantitative estimate of drug-likeness (QED) is 0.751. The molecular formula is C11H12FNO3. The molecule has 1 aromatic carbocycles. The number of aldehydes is 1. The molecule has 0 saturated heterocycles. The zero-order chi connectivity index (χ0) is 12.3. The molecule has 0 aliphatic heterocycles. The molecule has 86 valence electrons. The Bertz CT molecular complexity index is 431. The van der Waals surface area contributed by atoms with E-state index in [-0.39, 0.29) is 17.7 Å². The third kappa shape index (κ3) is 2.25. The fraction of sp³-hybridized carbons (Fsp3) is 0.273. The molecule has 0 heterocycles. The number of nitrogens with two attached hydrogens (primary N) is 1. The second-order valence-corrected chi connectivity index (χ2v) is 3.47. The maximum atomic E-state index is 13.3. The smallest absolute Gasteiger partial charge is 0.312 e. The Labute approximate surface area is 91.9 Å². The SMILES string of the molecule is Cc1cc(C=O)c(C(CN)C(=O)O)cc1F. The van der Waals surface area contributed by atoms with Gasteiger partial charge in [0, 0.05) is 12.1 Å². The number of carbonyl (C=O) groups is 2. The number of aryl methyl sites for hydroxylation is 1. The summed E-state index contributed by atoms with van der Waals surface area (Å²) in [5.74, 6) is -2.77. The molecule has 1 rings (SSSR count). The molecule has 1 aromatic rings. The van der Waals surface area contributed by atoms with Gasteiger partial charge in [-0.1, -0.05) is 0 Å². The predicted octanol–water partition coefficient (Wildman–Crippen LogP) is 1.07. The Balaban J connectivity index is 3.35. The molecule has 0 amide bonds. The van der Waals surface area contributed by atoms with Crippen molar-refractivity contribution in [3.63, 3.8) is 0 Å². The number of rotatable bonds is 4. The normalized spacial score (nSPS) is 12.2. The molecule has 3 N–H and O–H groups in total. The van der Waals surface area contributed by atoms with E-state index >= 15 is 0 Å². The number of hydrogen-bond acceptors (Lipinski definition) is 3. The summed E-state index contributed by atoms with van der Waals surface area (Å²) < 4.78 is 13.3. The molecule has 0 spiro atoms. The van der Waals surface area contributed by atoms with Crippen LogP contribution in [0.3, 0.4) is 0 Å². The lowest BCUT2D eigenvalue weighted by Crippen LogP contribution is -2.22. The van der Waals surface area contributed by atoms with Crippen LogP contribution in [-0.2, 0) is 4.79 Å². The summed E-state index contributed by atoms with van der Waals surface area (Å²) in [5, 5.41) is 8.89. The van der Waals surface area contributed by atoms with E-state index in [1.807, 2.05) is 0 Å². The van der Waals surface area contributed by atoms with Gasteiger partial charge in [-0.2, -0.15) is 0 Å². The maximum absolute atomic E-state index is 13.3. The van der Waals surface area contributed by atoms with E-state index in [4.69, 9.17) is 10.8 Å². The fourth-order valence-corrected chi connectivity index (χ4v) is 1.48. The van der Waals surface area contributed by atoms with Crippen LogP contribution in [0.25, 0.3) is 0 Å². The molecule has 0 aliphatic carbocycles. The second kappa shape index (κ2) is 4.85. The third-order valence-corrected chi connectivity index (χ3v) is 2.40. The Kier molecular flexibility index (Phi) is 3.73. The average molecular weight is 225 g/mol. The van der Waals surface area contributed by atoms with Gasteiger partial charge in [-0.05, 0) is 30.2 Å². The third-order valence-electron chi connectivity index (χ3n) is 2.40. The summed E-state index contributed by atoms with van der Waals surface area (Å²) in [6.07, 6.45) is 0.507. The lowest BCUT2D eigenvalue weighted by Gasteiger charge is -2.13. The minimum Gasteiger partial charge on any atom is -0.481 e. The van der Waals surface area contributed by atoms with Gasteiger partial charge in [-0.3, -0.25) is 9.59 Å². The minimum atomic E-state index is -1.17. The van der Waals surface area contributed by atoms with Crippen molar-refractivity contribution in [3.05, 3.63) is 34.6 Å². The fourth-order valence-electron chi connectivity index (χ4n) is 1.48. The van der Waals surface area contributed by atoms with E-state index in [2.05, 4.69) is 0 Å². The van der Waals surface area contributed by atoms with Crippen LogP contribution in [0.15, 0.2) is 12.1 Å². The summed E-state index contributed by atoms with van der Waals surface area (Å²) in [6.45, 7) is 1.32. The number of hydrogen-bond donors (Lipinski definition) is 2. The first-order valence-electron chi connectivity index (χ1n) is 4.69. The standard InChI is InChI=1S/C11H12FNO3/c1-6-2-7(5-14)8(3-10(6)12)9(4-13)11(15)16/h2-3,5,9H,4,13H2,1H3,(H,15,16). The molecule has 0 aliphatic rings. The molecule has 0 fully saturated rings. The van der Waals surface area contributed by atoms with Crippen molar-refractivity contribution in [1.82, 2.24) is 0 Å². The van der Waals surface area contributed by atoms with E-state index in [0.29, 0.717) is 11.8 Å². The Morgan fingerprint density at radius 2 is 2.25 bits per heavy atom. The highest BCUT2D eigenvalue weighted by molar-refractivity contribution is 5.84. The summed E-state index contributed by atoms with van der Waals surface area (Å²) in [7, 11) is 0. The van der Waals surface area contributed by atoms with Gasteiger partial charge >= 0.3 is 5.97 Å². The first kappa shape index (κ1) is 12.3. The highest BCUT2D eigenvalue weighted by Crippen LogP contribution is 2.22. The van der Waals surface area contributed by atoms with Crippen molar-refractivity contribution in [2.45, 2.75) is 12.8 Å². The van der Waals surface area contributed by atoms with Crippen LogP contribution in [0.5, 0.6) is 0 Å². The van der Waals surface area contributed by atoms with Gasteiger partial charge in [0.05, 0.1) is 5.92 Å². The first-order chi connectivity index (χ1) is 7.51. The molecule has 5 heteroatoms. The van der Waals surface area contributed by atoms with Crippen molar-refractivity contribution in [1.29, 1.82) is 0 Å². The zero-order valence-corrected chi connectivity index (χ0v) is 8.74. The van der Waals surface area contributed by atoms with Gasteiger partial charge in [-0.25, -0.2) is 4.39 Å². The van der Waals surface area contributed by atoms with Crippen molar-refractivity contribution in [3.8, 4) is 0 Å². The predicted molar refractivity (Wildman–Crippen MR) is 56.0 cm³/mol. The highest BCUT2D eigenvalue weighted by atomic mass is 19.1. The summed E-state index contributed by atoms with van der Waals surface area (Å²) in [4.78, 5) is 21.7. The van der Waals surface area contributed by atoms with E-state index in [1.54, 1.807) is 0 Å². The van der Waals surface area contributed by atoms with Gasteiger partial charge in [0.1, 0.15) is 12.1 Å². The molecule has 0 saturated carbocycles. The number of carboxylic acid groups (broad SMARTS) is 1. The summed E-state index contributed by atoms with van der Waals surface area (Å²) >= 11 is 0. The van der Waals surface area contributed by atoms with E-state index in [1.165, 1.54) is 13.0 Å². The second-order valence-electron chi connectivity index (χ2n) is 3.47. The lowest BCUT2D eigenvalue weighted by molar-refractivity contribution is -0.138. The molecule has 16 heavy (non-hydrogen) atoms. The van der Waals surface area contributed by atoms with Crippen molar-refractivity contribution >= 4 is 12.3 Å². The molecule has 0 radical (unpaired) electrons. The summed E-state index contributed by atoms with van der Waals surface area (Å²) in [6, 6.07) is 2.38. The van der Waals surface area contributed by atoms with Crippen LogP contribution in [0.1, 0.15) is 27.4 Å². The summed E-state index contributed by atoms with van der Waals surface area (Å²) in [5.41, 5.74) is 5.88. The Morgan fingerprint density at radius 3 is 2.69 bits per heavy atom. The monoisotopic (exact) mass is 225 g/mol. The molecule has 4 nitrogen and oxygen atoms in total. The zero-order valence-electron chi connectivity index (χ0n) is 8.74. The van der Waals surface area contributed by atoms with Crippen LogP contribution in [0.4, 0.5) is 4.39 Å². The van der Waals surface area contributed by atoms with Crippen LogP contribution < -0.4 is 5.73 Å². The van der Waals surface area contributed by atoms with E-state index in [9.17, 15) is 14.0 Å². The maximum Gasteiger partial charge on any atom is 0.312 e. The number of aliphatic carboxylic acids is 1. The van der Waals surface area contributed by atoms with Crippen molar-refractivity contribution in [2.24, 2.45) is 5.73 Å². The lowest BCUT2D eigenvalue weighted by atomic mass is 9.93. The van der Waals surface area contributed by atoms with Gasteiger partial charge in [-0.15, -0.1) is 0 Å². The van der Waals surface area contributed by atoms with Crippen LogP contribution in [0.2, 0.25) is 0 Å². The first-order valence-corrected chi connectivity index (χ1v) is 4.69. The Hall–Kier alpha value is -1.75. The van der Waals surface area contributed by atoms with Gasteiger partial charge < -0.3 is 10.8 Å². The average Bonchev–Trinajstić information content (AvgIpc) is 2.23. The molecule has 1 unspecified atom stereocenters.